The fraction of sp³-hybridized carbons (Fsp3) is 0.318. The molecule has 0 atom stereocenters. The molecule has 0 bridgehead atoms. The third-order valence-electron chi connectivity index (χ3n) is 4.58. The Kier molecular flexibility index (Phi) is 6.92. The summed E-state index contributed by atoms with van der Waals surface area (Å²) in [7, 11) is 0. The second kappa shape index (κ2) is 9.80. The van der Waals surface area contributed by atoms with Crippen molar-refractivity contribution in [3.8, 4) is 22.4 Å². The standard InChI is InChI=1S/C16H23N5O.C6H4/c1-2-21-15(22)12-14(13-6-10-18-11-7-13)20-16(21)19-9-5-3-4-8-17;1-2-5-4-6(5)3-1/h6-7,10-12H,2-5,8-9,17H2,1H3,(H,19,20);1-4H. The summed E-state index contributed by atoms with van der Waals surface area (Å²) in [5.74, 6) is 0.620. The predicted octanol–water partition coefficient (Wildman–Crippen LogP) is 3.53. The number of fused-ring (bicyclic) bond motifs is 1. The molecule has 6 nitrogen and oxygen atoms in total. The maximum absolute atomic E-state index is 12.3. The Bertz CT molecular complexity index is 935. The minimum absolute atomic E-state index is 0.0474. The van der Waals surface area contributed by atoms with E-state index in [0.717, 1.165) is 37.9 Å². The number of hydrogen-bond acceptors (Lipinski definition) is 5. The molecule has 0 unspecified atom stereocenters. The number of hydrogen-bond donors (Lipinski definition) is 2. The van der Waals surface area contributed by atoms with Crippen LogP contribution in [0.5, 0.6) is 0 Å². The molecule has 2 aliphatic rings. The highest BCUT2D eigenvalue weighted by molar-refractivity contribution is 5.80. The van der Waals surface area contributed by atoms with Gasteiger partial charge < -0.3 is 11.1 Å². The lowest BCUT2D eigenvalue weighted by Crippen LogP contribution is -2.24. The largest absolute Gasteiger partial charge is 0.356 e. The van der Waals surface area contributed by atoms with Crippen LogP contribution in [0.15, 0.2) is 59.7 Å². The number of unbranched alkanes of at least 4 members (excludes halogenated alkanes) is 2. The topological polar surface area (TPSA) is 85.8 Å². The predicted molar refractivity (Wildman–Crippen MR) is 114 cm³/mol. The van der Waals surface area contributed by atoms with Crippen molar-refractivity contribution in [2.45, 2.75) is 32.7 Å². The molecule has 2 heterocycles. The van der Waals surface area contributed by atoms with E-state index in [1.165, 1.54) is 11.1 Å². The van der Waals surface area contributed by atoms with Gasteiger partial charge in [-0.05, 0) is 55.6 Å². The van der Waals surface area contributed by atoms with E-state index in [1.807, 2.05) is 19.1 Å². The Labute approximate surface area is 165 Å². The smallest absolute Gasteiger partial charge is 0.255 e. The van der Waals surface area contributed by atoms with Gasteiger partial charge in [-0.1, -0.05) is 24.6 Å². The zero-order chi connectivity index (χ0) is 19.8. The van der Waals surface area contributed by atoms with Crippen molar-refractivity contribution in [1.82, 2.24) is 14.5 Å². The zero-order valence-corrected chi connectivity index (χ0v) is 16.3. The summed E-state index contributed by atoms with van der Waals surface area (Å²) in [6, 6.07) is 13.7. The zero-order valence-electron chi connectivity index (χ0n) is 16.3. The van der Waals surface area contributed by atoms with Crippen molar-refractivity contribution < 1.29 is 0 Å². The van der Waals surface area contributed by atoms with Gasteiger partial charge in [-0.25, -0.2) is 4.98 Å². The van der Waals surface area contributed by atoms with Crippen molar-refractivity contribution in [2.75, 3.05) is 18.4 Å². The Morgan fingerprint density at radius 2 is 1.75 bits per heavy atom. The van der Waals surface area contributed by atoms with Gasteiger partial charge in [0.05, 0.1) is 5.69 Å². The van der Waals surface area contributed by atoms with E-state index in [1.54, 1.807) is 23.0 Å². The Balaban J connectivity index is 0.000000311. The van der Waals surface area contributed by atoms with Crippen LogP contribution in [0.2, 0.25) is 0 Å². The molecule has 0 radical (unpaired) electrons. The van der Waals surface area contributed by atoms with E-state index in [9.17, 15) is 4.79 Å². The SMILES string of the molecule is CCn1c(NCCCCCN)nc(-c2ccncc2)cc1=O.c1cc2cc-2c1. The first-order chi connectivity index (χ1) is 13.7. The lowest BCUT2D eigenvalue weighted by Gasteiger charge is -2.13. The summed E-state index contributed by atoms with van der Waals surface area (Å²) in [5, 5.41) is 3.27. The van der Waals surface area contributed by atoms with E-state index in [4.69, 9.17) is 5.73 Å². The first-order valence-corrected chi connectivity index (χ1v) is 9.79. The molecule has 146 valence electrons. The highest BCUT2D eigenvalue weighted by Crippen LogP contribution is 2.32. The van der Waals surface area contributed by atoms with Crippen LogP contribution in [-0.4, -0.2) is 27.6 Å². The molecule has 2 aromatic heterocycles. The molecule has 0 amide bonds. The van der Waals surface area contributed by atoms with Gasteiger partial charge in [-0.3, -0.25) is 14.3 Å². The first-order valence-electron chi connectivity index (χ1n) is 9.79. The average molecular weight is 377 g/mol. The number of nitrogens with two attached hydrogens (primary N) is 1. The molecule has 0 fully saturated rings. The number of nitrogens with one attached hydrogen (secondary N) is 1. The molecule has 0 saturated carbocycles. The summed E-state index contributed by atoms with van der Waals surface area (Å²) in [6.45, 7) is 4.03. The highest BCUT2D eigenvalue weighted by atomic mass is 16.1. The van der Waals surface area contributed by atoms with Crippen molar-refractivity contribution in [3.63, 3.8) is 0 Å². The van der Waals surface area contributed by atoms with Gasteiger partial charge >= 0.3 is 0 Å². The van der Waals surface area contributed by atoms with Gasteiger partial charge in [0.15, 0.2) is 0 Å². The summed E-state index contributed by atoms with van der Waals surface area (Å²) in [5.41, 5.74) is 9.85. The minimum Gasteiger partial charge on any atom is -0.356 e. The van der Waals surface area contributed by atoms with Gasteiger partial charge in [0, 0.05) is 37.1 Å². The third kappa shape index (κ3) is 5.27. The summed E-state index contributed by atoms with van der Waals surface area (Å²) < 4.78 is 1.65. The number of aromatic nitrogens is 3. The molecule has 0 saturated heterocycles. The average Bonchev–Trinajstić information content (AvgIpc) is 3.33. The molecular weight excluding hydrogens is 350 g/mol. The normalized spacial score (nSPS) is 10.8. The molecule has 0 aliphatic heterocycles. The Hall–Kier alpha value is -2.99. The van der Waals surface area contributed by atoms with Crippen LogP contribution in [0, 0.1) is 0 Å². The fourth-order valence-corrected chi connectivity index (χ4v) is 2.94. The van der Waals surface area contributed by atoms with E-state index in [-0.39, 0.29) is 5.56 Å². The van der Waals surface area contributed by atoms with Crippen LogP contribution < -0.4 is 16.6 Å². The molecule has 2 aromatic rings. The van der Waals surface area contributed by atoms with E-state index in [0.29, 0.717) is 18.2 Å². The maximum atomic E-state index is 12.3. The fourth-order valence-electron chi connectivity index (χ4n) is 2.94. The monoisotopic (exact) mass is 377 g/mol. The summed E-state index contributed by atoms with van der Waals surface area (Å²) >= 11 is 0. The third-order valence-corrected chi connectivity index (χ3v) is 4.58. The lowest BCUT2D eigenvalue weighted by atomic mass is 10.2. The van der Waals surface area contributed by atoms with Crippen molar-refractivity contribution in [2.24, 2.45) is 5.73 Å². The van der Waals surface area contributed by atoms with Crippen molar-refractivity contribution >= 4 is 5.95 Å². The lowest BCUT2D eigenvalue weighted by molar-refractivity contribution is 0.683. The molecule has 0 aromatic carbocycles. The van der Waals surface area contributed by atoms with E-state index in [2.05, 4.69) is 39.6 Å². The number of nitrogens with zero attached hydrogens (tertiary/aromatic N) is 3. The minimum atomic E-state index is -0.0474. The number of benzene rings is 1. The van der Waals surface area contributed by atoms with Crippen LogP contribution in [-0.2, 0) is 6.54 Å². The molecule has 4 rings (SSSR count). The maximum Gasteiger partial charge on any atom is 0.255 e. The van der Waals surface area contributed by atoms with E-state index >= 15 is 0 Å². The van der Waals surface area contributed by atoms with Crippen LogP contribution in [0.25, 0.3) is 22.4 Å². The van der Waals surface area contributed by atoms with Gasteiger partial charge in [-0.15, -0.1) is 0 Å². The quantitative estimate of drug-likeness (QED) is 0.459. The van der Waals surface area contributed by atoms with Crippen LogP contribution >= 0.6 is 0 Å². The second-order valence-corrected chi connectivity index (χ2v) is 6.64. The van der Waals surface area contributed by atoms with Crippen LogP contribution in [0.4, 0.5) is 5.95 Å². The molecule has 0 spiro atoms. The van der Waals surface area contributed by atoms with Gasteiger partial charge in [0.2, 0.25) is 5.95 Å². The molecule has 28 heavy (non-hydrogen) atoms. The highest BCUT2D eigenvalue weighted by Gasteiger charge is 2.09. The molecular formula is C22H27N5O. The molecule has 3 N–H and O–H groups in total. The van der Waals surface area contributed by atoms with Crippen LogP contribution in [0.1, 0.15) is 26.2 Å². The first kappa shape index (κ1) is 19.8. The van der Waals surface area contributed by atoms with Gasteiger partial charge in [0.1, 0.15) is 0 Å². The molecule has 6 heteroatoms. The van der Waals surface area contributed by atoms with Gasteiger partial charge in [-0.2, -0.15) is 0 Å². The second-order valence-electron chi connectivity index (χ2n) is 6.64. The summed E-state index contributed by atoms with van der Waals surface area (Å²) in [6.07, 6.45) is 6.50. The number of pyridine rings is 1. The van der Waals surface area contributed by atoms with Gasteiger partial charge in [0.25, 0.3) is 5.56 Å². The summed E-state index contributed by atoms with van der Waals surface area (Å²) in [4.78, 5) is 20.8. The van der Waals surface area contributed by atoms with Crippen LogP contribution in [0.3, 0.4) is 0 Å². The van der Waals surface area contributed by atoms with Crippen molar-refractivity contribution in [1.29, 1.82) is 0 Å². The Morgan fingerprint density at radius 1 is 1.00 bits per heavy atom. The van der Waals surface area contributed by atoms with E-state index < -0.39 is 0 Å². The molecule has 2 aliphatic carbocycles. The Morgan fingerprint density at radius 3 is 2.32 bits per heavy atom. The number of rotatable bonds is 8. The number of anilines is 1. The van der Waals surface area contributed by atoms with Crippen molar-refractivity contribution in [3.05, 3.63) is 65.2 Å².